The fourth-order valence-corrected chi connectivity index (χ4v) is 2.60. The lowest BCUT2D eigenvalue weighted by molar-refractivity contribution is 0.0954. The van der Waals surface area contributed by atoms with E-state index in [1.807, 2.05) is 48.5 Å². The molecule has 0 bridgehead atoms. The number of unbranched alkanes of at least 4 members (excludes halogenated alkanes) is 1. The van der Waals surface area contributed by atoms with Crippen LogP contribution in [0.15, 0.2) is 59.7 Å². The van der Waals surface area contributed by atoms with Gasteiger partial charge in [0.05, 0.1) is 5.71 Å². The van der Waals surface area contributed by atoms with E-state index in [1.54, 1.807) is 6.07 Å². The predicted molar refractivity (Wildman–Crippen MR) is 99.1 cm³/mol. The molecule has 0 aliphatic rings. The summed E-state index contributed by atoms with van der Waals surface area (Å²) < 4.78 is 1.03. The van der Waals surface area contributed by atoms with Gasteiger partial charge >= 0.3 is 0 Å². The van der Waals surface area contributed by atoms with Crippen LogP contribution in [-0.4, -0.2) is 11.6 Å². The fourth-order valence-electron chi connectivity index (χ4n) is 2.05. The summed E-state index contributed by atoms with van der Waals surface area (Å²) in [5.41, 5.74) is 5.28. The topological polar surface area (TPSA) is 41.5 Å². The highest BCUT2D eigenvalue weighted by atomic mass is 127. The molecule has 0 heterocycles. The van der Waals surface area contributed by atoms with E-state index in [2.05, 4.69) is 40.0 Å². The zero-order valence-electron chi connectivity index (χ0n) is 12.6. The maximum absolute atomic E-state index is 12.2. The molecule has 0 unspecified atom stereocenters. The number of amides is 1. The largest absolute Gasteiger partial charge is 0.271 e. The smallest absolute Gasteiger partial charge is 0.267 e. The molecule has 2 rings (SSSR count). The first-order chi connectivity index (χ1) is 10.7. The van der Waals surface area contributed by atoms with E-state index in [-0.39, 0.29) is 5.91 Å². The van der Waals surface area contributed by atoms with Gasteiger partial charge in [-0.1, -0.05) is 49.7 Å². The van der Waals surface area contributed by atoms with Crippen LogP contribution in [0.1, 0.15) is 42.1 Å². The van der Waals surface area contributed by atoms with Crippen LogP contribution in [0.25, 0.3) is 0 Å². The molecule has 0 saturated carbocycles. The normalized spacial score (nSPS) is 11.3. The molecule has 0 aromatic heterocycles. The molecule has 0 aliphatic heterocycles. The van der Waals surface area contributed by atoms with Crippen molar-refractivity contribution in [3.63, 3.8) is 0 Å². The maximum atomic E-state index is 12.2. The highest BCUT2D eigenvalue weighted by Crippen LogP contribution is 2.09. The molecule has 0 spiro atoms. The molecule has 3 nitrogen and oxygen atoms in total. The Kier molecular flexibility index (Phi) is 6.58. The number of nitrogens with one attached hydrogen (secondary N) is 1. The molecule has 2 aromatic carbocycles. The summed E-state index contributed by atoms with van der Waals surface area (Å²) in [6.45, 7) is 2.15. The van der Waals surface area contributed by atoms with Crippen molar-refractivity contribution < 1.29 is 4.79 Å². The van der Waals surface area contributed by atoms with Crippen LogP contribution < -0.4 is 5.43 Å². The first-order valence-corrected chi connectivity index (χ1v) is 8.46. The molecule has 0 fully saturated rings. The highest BCUT2D eigenvalue weighted by Gasteiger charge is 2.07. The zero-order valence-corrected chi connectivity index (χ0v) is 14.7. The van der Waals surface area contributed by atoms with Crippen molar-refractivity contribution in [3.05, 3.63) is 69.3 Å². The van der Waals surface area contributed by atoms with Gasteiger partial charge in [-0.05, 0) is 59.2 Å². The Balaban J connectivity index is 2.14. The zero-order chi connectivity index (χ0) is 15.8. The van der Waals surface area contributed by atoms with Gasteiger partial charge in [-0.2, -0.15) is 5.10 Å². The molecule has 0 atom stereocenters. The van der Waals surface area contributed by atoms with Crippen LogP contribution in [0.3, 0.4) is 0 Å². The van der Waals surface area contributed by atoms with Crippen LogP contribution in [0.4, 0.5) is 0 Å². The third-order valence-electron chi connectivity index (χ3n) is 3.25. The van der Waals surface area contributed by atoms with Crippen LogP contribution in [0.2, 0.25) is 0 Å². The van der Waals surface area contributed by atoms with Crippen LogP contribution in [0.5, 0.6) is 0 Å². The molecule has 114 valence electrons. The van der Waals surface area contributed by atoms with Crippen LogP contribution in [-0.2, 0) is 0 Å². The van der Waals surface area contributed by atoms with Crippen LogP contribution in [0, 0.1) is 3.57 Å². The first-order valence-electron chi connectivity index (χ1n) is 7.38. The lowest BCUT2D eigenvalue weighted by Gasteiger charge is -2.07. The maximum Gasteiger partial charge on any atom is 0.271 e. The summed E-state index contributed by atoms with van der Waals surface area (Å²) in [4.78, 5) is 12.2. The Hall–Kier alpha value is -1.69. The number of nitrogens with zero attached hydrogens (tertiary/aromatic N) is 1. The molecule has 22 heavy (non-hydrogen) atoms. The minimum atomic E-state index is -0.177. The summed E-state index contributed by atoms with van der Waals surface area (Å²) in [6, 6.07) is 17.5. The minimum absolute atomic E-state index is 0.177. The summed E-state index contributed by atoms with van der Waals surface area (Å²) in [5.74, 6) is -0.177. The molecular formula is C18H19IN2O. The second-order valence-corrected chi connectivity index (χ2v) is 6.22. The van der Waals surface area contributed by atoms with Gasteiger partial charge in [0, 0.05) is 9.13 Å². The molecule has 1 amide bonds. The van der Waals surface area contributed by atoms with E-state index in [1.165, 1.54) is 0 Å². The molecule has 0 aliphatic carbocycles. The van der Waals surface area contributed by atoms with Crippen molar-refractivity contribution in [2.75, 3.05) is 0 Å². The van der Waals surface area contributed by atoms with Crippen molar-refractivity contribution >= 4 is 34.2 Å². The summed E-state index contributed by atoms with van der Waals surface area (Å²) in [6.07, 6.45) is 3.00. The van der Waals surface area contributed by atoms with Gasteiger partial charge < -0.3 is 0 Å². The van der Waals surface area contributed by atoms with Gasteiger partial charge in [-0.15, -0.1) is 0 Å². The minimum Gasteiger partial charge on any atom is -0.267 e. The average molecular weight is 406 g/mol. The molecule has 4 heteroatoms. The lowest BCUT2D eigenvalue weighted by Crippen LogP contribution is -2.20. The van der Waals surface area contributed by atoms with Gasteiger partial charge in [0.25, 0.3) is 5.91 Å². The fraction of sp³-hybridized carbons (Fsp3) is 0.222. The monoisotopic (exact) mass is 406 g/mol. The van der Waals surface area contributed by atoms with E-state index < -0.39 is 0 Å². The molecule has 1 N–H and O–H groups in total. The second kappa shape index (κ2) is 8.68. The lowest BCUT2D eigenvalue weighted by atomic mass is 10.1. The van der Waals surface area contributed by atoms with Crippen molar-refractivity contribution in [2.24, 2.45) is 5.10 Å². The third kappa shape index (κ3) is 4.94. The van der Waals surface area contributed by atoms with Gasteiger partial charge in [-0.3, -0.25) is 4.79 Å². The quantitative estimate of drug-likeness (QED) is 0.425. The third-order valence-corrected chi connectivity index (χ3v) is 3.92. The van der Waals surface area contributed by atoms with Gasteiger partial charge in [0.2, 0.25) is 0 Å². The molecule has 0 radical (unpaired) electrons. The molecule has 2 aromatic rings. The Labute approximate surface area is 145 Å². The van der Waals surface area contributed by atoms with E-state index >= 15 is 0 Å². The van der Waals surface area contributed by atoms with Crippen molar-refractivity contribution in [1.82, 2.24) is 5.43 Å². The van der Waals surface area contributed by atoms with E-state index in [0.717, 1.165) is 34.1 Å². The van der Waals surface area contributed by atoms with Crippen molar-refractivity contribution in [2.45, 2.75) is 26.2 Å². The number of rotatable bonds is 6. The first kappa shape index (κ1) is 16.7. The van der Waals surface area contributed by atoms with E-state index in [4.69, 9.17) is 0 Å². The van der Waals surface area contributed by atoms with Crippen LogP contribution >= 0.6 is 22.6 Å². The number of hydrogen-bond acceptors (Lipinski definition) is 2. The van der Waals surface area contributed by atoms with Gasteiger partial charge in [0.15, 0.2) is 0 Å². The van der Waals surface area contributed by atoms with E-state index in [9.17, 15) is 4.79 Å². The average Bonchev–Trinajstić information content (AvgIpc) is 2.55. The van der Waals surface area contributed by atoms with Crippen molar-refractivity contribution in [3.8, 4) is 0 Å². The summed E-state index contributed by atoms with van der Waals surface area (Å²) in [5, 5.41) is 4.35. The van der Waals surface area contributed by atoms with Gasteiger partial charge in [-0.25, -0.2) is 5.43 Å². The predicted octanol–water partition coefficient (Wildman–Crippen LogP) is 4.62. The molecule has 0 saturated heterocycles. The standard InChI is InChI=1S/C18H19IN2O/c1-2-3-12-17(14-8-5-4-6-9-14)20-21-18(22)15-10-7-11-16(19)13-15/h4-11,13H,2-3,12H2,1H3,(H,21,22)/b20-17+. The Morgan fingerprint density at radius 3 is 2.50 bits per heavy atom. The summed E-state index contributed by atoms with van der Waals surface area (Å²) in [7, 11) is 0. The number of benzene rings is 2. The highest BCUT2D eigenvalue weighted by molar-refractivity contribution is 14.1. The number of halogens is 1. The van der Waals surface area contributed by atoms with E-state index in [0.29, 0.717) is 5.56 Å². The Morgan fingerprint density at radius 1 is 1.09 bits per heavy atom. The number of carbonyl (C=O) groups is 1. The Bertz CT molecular complexity index is 653. The summed E-state index contributed by atoms with van der Waals surface area (Å²) >= 11 is 2.19. The number of carbonyl (C=O) groups excluding carboxylic acids is 1. The van der Waals surface area contributed by atoms with Crippen molar-refractivity contribution in [1.29, 1.82) is 0 Å². The number of hydrazone groups is 1. The SMILES string of the molecule is CCCC/C(=N\NC(=O)c1cccc(I)c1)c1ccccc1. The molecular weight excluding hydrogens is 387 g/mol. The Morgan fingerprint density at radius 2 is 1.82 bits per heavy atom. The number of hydrogen-bond donors (Lipinski definition) is 1. The van der Waals surface area contributed by atoms with Gasteiger partial charge in [0.1, 0.15) is 0 Å². The second-order valence-electron chi connectivity index (χ2n) is 4.98.